The second-order valence-electron chi connectivity index (χ2n) is 4.48. The van der Waals surface area contributed by atoms with Crippen molar-refractivity contribution in [2.75, 3.05) is 5.32 Å². The summed E-state index contributed by atoms with van der Waals surface area (Å²) >= 11 is 11.8. The van der Waals surface area contributed by atoms with Crippen molar-refractivity contribution in [1.29, 1.82) is 0 Å². The Labute approximate surface area is 130 Å². The fraction of sp³-hybridized carbons (Fsp3) is 0.143. The second kappa shape index (κ2) is 6.28. The molecule has 4 nitrogen and oxygen atoms in total. The summed E-state index contributed by atoms with van der Waals surface area (Å²) in [6.07, 6.45) is 0. The summed E-state index contributed by atoms with van der Waals surface area (Å²) in [7, 11) is 0. The number of nitro benzene ring substituents is 1. The molecule has 0 heterocycles. The molecule has 7 heteroatoms. The Balaban J connectivity index is 2.21. The van der Waals surface area contributed by atoms with Crippen LogP contribution in [0.3, 0.4) is 0 Å². The average molecular weight is 329 g/mol. The molecule has 0 aliphatic carbocycles. The van der Waals surface area contributed by atoms with Gasteiger partial charge in [-0.25, -0.2) is 4.39 Å². The SMILES string of the molecule is Cc1ccc(CNc2c(Cl)cc(F)cc2Cl)cc1[N+](=O)[O-]. The number of nitro groups is 1. The van der Waals surface area contributed by atoms with Crippen molar-refractivity contribution in [3.05, 3.63) is 67.4 Å². The number of hydrogen-bond donors (Lipinski definition) is 1. The van der Waals surface area contributed by atoms with Crippen molar-refractivity contribution in [3.8, 4) is 0 Å². The maximum Gasteiger partial charge on any atom is 0.272 e. The van der Waals surface area contributed by atoms with Crippen molar-refractivity contribution < 1.29 is 9.31 Å². The molecule has 0 saturated carbocycles. The Morgan fingerprint density at radius 1 is 1.24 bits per heavy atom. The molecule has 0 aliphatic heterocycles. The van der Waals surface area contributed by atoms with Crippen LogP contribution in [-0.4, -0.2) is 4.92 Å². The summed E-state index contributed by atoms with van der Waals surface area (Å²) in [5, 5.41) is 14.2. The Morgan fingerprint density at radius 3 is 2.43 bits per heavy atom. The van der Waals surface area contributed by atoms with Gasteiger partial charge in [0.25, 0.3) is 5.69 Å². The number of rotatable bonds is 4. The maximum absolute atomic E-state index is 13.1. The van der Waals surface area contributed by atoms with Gasteiger partial charge in [0.15, 0.2) is 0 Å². The van der Waals surface area contributed by atoms with E-state index in [1.165, 1.54) is 6.07 Å². The first-order valence-corrected chi connectivity index (χ1v) is 6.76. The van der Waals surface area contributed by atoms with Crippen LogP contribution in [0.4, 0.5) is 15.8 Å². The molecule has 2 aromatic carbocycles. The third-order valence-electron chi connectivity index (χ3n) is 2.95. The second-order valence-corrected chi connectivity index (χ2v) is 5.29. The van der Waals surface area contributed by atoms with Crippen LogP contribution in [0.1, 0.15) is 11.1 Å². The van der Waals surface area contributed by atoms with Crippen LogP contribution >= 0.6 is 23.2 Å². The number of nitrogens with one attached hydrogen (secondary N) is 1. The van der Waals surface area contributed by atoms with E-state index in [0.717, 1.165) is 12.1 Å². The molecule has 0 bridgehead atoms. The molecule has 21 heavy (non-hydrogen) atoms. The summed E-state index contributed by atoms with van der Waals surface area (Å²) in [5.74, 6) is -0.526. The molecule has 0 amide bonds. The van der Waals surface area contributed by atoms with Gasteiger partial charge in [-0.2, -0.15) is 0 Å². The lowest BCUT2D eigenvalue weighted by Crippen LogP contribution is -2.02. The molecular weight excluding hydrogens is 318 g/mol. The van der Waals surface area contributed by atoms with E-state index in [1.54, 1.807) is 19.1 Å². The van der Waals surface area contributed by atoms with Crippen LogP contribution < -0.4 is 5.32 Å². The molecule has 0 unspecified atom stereocenters. The van der Waals surface area contributed by atoms with Crippen LogP contribution in [0.15, 0.2) is 30.3 Å². The molecule has 2 aromatic rings. The maximum atomic E-state index is 13.1. The highest BCUT2D eigenvalue weighted by atomic mass is 35.5. The topological polar surface area (TPSA) is 55.2 Å². The highest BCUT2D eigenvalue weighted by Crippen LogP contribution is 2.32. The quantitative estimate of drug-likeness (QED) is 0.637. The summed E-state index contributed by atoms with van der Waals surface area (Å²) in [6.45, 7) is 1.95. The van der Waals surface area contributed by atoms with Gasteiger partial charge in [0.2, 0.25) is 0 Å². The van der Waals surface area contributed by atoms with E-state index in [0.29, 0.717) is 16.8 Å². The first kappa shape index (κ1) is 15.5. The number of hydrogen-bond acceptors (Lipinski definition) is 3. The normalized spacial score (nSPS) is 10.5. The lowest BCUT2D eigenvalue weighted by atomic mass is 10.1. The van der Waals surface area contributed by atoms with Gasteiger partial charge in [-0.3, -0.25) is 10.1 Å². The largest absolute Gasteiger partial charge is 0.379 e. The van der Waals surface area contributed by atoms with E-state index >= 15 is 0 Å². The first-order valence-electron chi connectivity index (χ1n) is 6.01. The number of halogens is 3. The summed E-state index contributed by atoms with van der Waals surface area (Å²) in [6, 6.07) is 7.21. The molecule has 0 aromatic heterocycles. The Hall–Kier alpha value is -1.85. The highest BCUT2D eigenvalue weighted by molar-refractivity contribution is 6.39. The van der Waals surface area contributed by atoms with E-state index < -0.39 is 10.7 Å². The van der Waals surface area contributed by atoms with Gasteiger partial charge >= 0.3 is 0 Å². The van der Waals surface area contributed by atoms with Crippen molar-refractivity contribution in [2.24, 2.45) is 0 Å². The van der Waals surface area contributed by atoms with Gasteiger partial charge in [-0.15, -0.1) is 0 Å². The van der Waals surface area contributed by atoms with Crippen LogP contribution in [-0.2, 0) is 6.54 Å². The van der Waals surface area contributed by atoms with Crippen LogP contribution in [0.25, 0.3) is 0 Å². The molecule has 0 saturated heterocycles. The Morgan fingerprint density at radius 2 is 1.86 bits per heavy atom. The third-order valence-corrected chi connectivity index (χ3v) is 3.54. The van der Waals surface area contributed by atoms with E-state index in [-0.39, 0.29) is 22.3 Å². The minimum atomic E-state index is -0.526. The van der Waals surface area contributed by atoms with E-state index in [9.17, 15) is 14.5 Å². The molecule has 0 fully saturated rings. The van der Waals surface area contributed by atoms with Crippen LogP contribution in [0.2, 0.25) is 10.0 Å². The lowest BCUT2D eigenvalue weighted by molar-refractivity contribution is -0.385. The van der Waals surface area contributed by atoms with Crippen molar-refractivity contribution in [3.63, 3.8) is 0 Å². The molecule has 0 atom stereocenters. The average Bonchev–Trinajstić information content (AvgIpc) is 2.38. The van der Waals surface area contributed by atoms with Gasteiger partial charge in [0, 0.05) is 18.2 Å². The van der Waals surface area contributed by atoms with Crippen LogP contribution in [0.5, 0.6) is 0 Å². The fourth-order valence-electron chi connectivity index (χ4n) is 1.86. The molecule has 110 valence electrons. The molecule has 0 aliphatic rings. The predicted octanol–water partition coefficient (Wildman–Crippen LogP) is 4.96. The Bertz CT molecular complexity index is 684. The van der Waals surface area contributed by atoms with E-state index in [1.807, 2.05) is 0 Å². The number of anilines is 1. The molecule has 2 rings (SSSR count). The minimum absolute atomic E-state index is 0.0469. The molecule has 0 radical (unpaired) electrons. The summed E-state index contributed by atoms with van der Waals surface area (Å²) in [4.78, 5) is 10.5. The lowest BCUT2D eigenvalue weighted by Gasteiger charge is -2.11. The Kier molecular flexibility index (Phi) is 4.65. The fourth-order valence-corrected chi connectivity index (χ4v) is 2.46. The van der Waals surface area contributed by atoms with Gasteiger partial charge in [-0.1, -0.05) is 35.3 Å². The third kappa shape index (κ3) is 3.62. The van der Waals surface area contributed by atoms with Gasteiger partial charge in [0.05, 0.1) is 20.7 Å². The van der Waals surface area contributed by atoms with Crippen molar-refractivity contribution in [2.45, 2.75) is 13.5 Å². The van der Waals surface area contributed by atoms with E-state index in [2.05, 4.69) is 5.32 Å². The van der Waals surface area contributed by atoms with Gasteiger partial charge in [0.1, 0.15) is 5.82 Å². The highest BCUT2D eigenvalue weighted by Gasteiger charge is 2.12. The van der Waals surface area contributed by atoms with E-state index in [4.69, 9.17) is 23.2 Å². The number of benzene rings is 2. The van der Waals surface area contributed by atoms with Crippen molar-refractivity contribution in [1.82, 2.24) is 0 Å². The number of nitrogens with zero attached hydrogens (tertiary/aromatic N) is 1. The molecule has 0 spiro atoms. The summed E-state index contributed by atoms with van der Waals surface area (Å²) in [5.41, 5.74) is 1.72. The molecular formula is C14H11Cl2FN2O2. The standard InChI is InChI=1S/C14H11Cl2FN2O2/c1-8-2-3-9(4-13(8)19(20)21)7-18-14-11(15)5-10(17)6-12(14)16/h2-6,18H,7H2,1H3. The van der Waals surface area contributed by atoms with Gasteiger partial charge < -0.3 is 5.32 Å². The van der Waals surface area contributed by atoms with Gasteiger partial charge in [-0.05, 0) is 24.6 Å². The smallest absolute Gasteiger partial charge is 0.272 e. The zero-order valence-corrected chi connectivity index (χ0v) is 12.5. The zero-order valence-electron chi connectivity index (χ0n) is 11.0. The zero-order chi connectivity index (χ0) is 15.6. The monoisotopic (exact) mass is 328 g/mol. The first-order chi connectivity index (χ1) is 9.88. The number of aryl methyl sites for hydroxylation is 1. The minimum Gasteiger partial charge on any atom is -0.379 e. The molecule has 1 N–H and O–H groups in total. The predicted molar refractivity (Wildman–Crippen MR) is 81.6 cm³/mol. The van der Waals surface area contributed by atoms with Crippen molar-refractivity contribution >= 4 is 34.6 Å². The van der Waals surface area contributed by atoms with Crippen LogP contribution in [0, 0.1) is 22.9 Å². The summed E-state index contributed by atoms with van der Waals surface area (Å²) < 4.78 is 13.1.